The second-order valence-corrected chi connectivity index (χ2v) is 4.51. The number of nitrogens with zero attached hydrogens (tertiary/aromatic N) is 5. The van der Waals surface area contributed by atoms with Crippen molar-refractivity contribution in [2.45, 2.75) is 0 Å². The smallest absolute Gasteiger partial charge is 0.241 e. The number of aromatic nitrogens is 5. The van der Waals surface area contributed by atoms with Crippen molar-refractivity contribution in [2.24, 2.45) is 0 Å². The predicted octanol–water partition coefficient (Wildman–Crippen LogP) is 2.92. The van der Waals surface area contributed by atoms with Crippen LogP contribution in [0.25, 0.3) is 23.7 Å². The van der Waals surface area contributed by atoms with Gasteiger partial charge >= 0.3 is 0 Å². The van der Waals surface area contributed by atoms with E-state index < -0.39 is 6.86 Å². The van der Waals surface area contributed by atoms with Crippen LogP contribution in [-0.4, -0.2) is 31.8 Å². The maximum Gasteiger partial charge on any atom is 0.241 e. The molecule has 0 saturated carbocycles. The number of halogens is 2. The molecule has 112 valence electrons. The van der Waals surface area contributed by atoms with E-state index in [1.807, 2.05) is 0 Å². The second kappa shape index (κ2) is 6.35. The molecule has 0 aliphatic rings. The zero-order chi connectivity index (χ0) is 15.4. The van der Waals surface area contributed by atoms with Crippen molar-refractivity contribution in [3.8, 4) is 17.1 Å². The predicted molar refractivity (Wildman–Crippen MR) is 76.6 cm³/mol. The highest BCUT2D eigenvalue weighted by Gasteiger charge is 2.07. The third-order valence-corrected chi connectivity index (χ3v) is 2.82. The molecule has 0 fully saturated rings. The van der Waals surface area contributed by atoms with E-state index in [4.69, 9.17) is 20.8 Å². The summed E-state index contributed by atoms with van der Waals surface area (Å²) in [5.74, 6) is 1.07. The Labute approximate surface area is 129 Å². The first-order valence-corrected chi connectivity index (χ1v) is 6.47. The van der Waals surface area contributed by atoms with Gasteiger partial charge in [0.25, 0.3) is 0 Å². The Hall–Kier alpha value is -2.74. The molecule has 3 rings (SSSR count). The van der Waals surface area contributed by atoms with Crippen LogP contribution in [0.2, 0.25) is 5.02 Å². The quantitative estimate of drug-likeness (QED) is 0.719. The van der Waals surface area contributed by atoms with Crippen LogP contribution < -0.4 is 4.74 Å². The van der Waals surface area contributed by atoms with E-state index in [-0.39, 0.29) is 0 Å². The van der Waals surface area contributed by atoms with Crippen LogP contribution in [0.1, 0.15) is 5.89 Å². The Bertz CT molecular complexity index is 788. The molecule has 2 heterocycles. The fraction of sp³-hybridized carbons (Fsp3) is 0.0769. The van der Waals surface area contributed by atoms with Crippen molar-refractivity contribution in [1.82, 2.24) is 25.0 Å². The molecule has 7 nitrogen and oxygen atoms in total. The molecule has 2 aromatic heterocycles. The van der Waals surface area contributed by atoms with Gasteiger partial charge in [-0.25, -0.2) is 14.1 Å². The monoisotopic (exact) mass is 321 g/mol. The molecule has 0 aliphatic carbocycles. The lowest BCUT2D eigenvalue weighted by Crippen LogP contribution is -1.92. The lowest BCUT2D eigenvalue weighted by atomic mass is 10.2. The lowest BCUT2D eigenvalue weighted by Gasteiger charge is -2.03. The van der Waals surface area contributed by atoms with Crippen molar-refractivity contribution in [2.75, 3.05) is 6.86 Å². The summed E-state index contributed by atoms with van der Waals surface area (Å²) in [7, 11) is 0. The second-order valence-electron chi connectivity index (χ2n) is 4.07. The third kappa shape index (κ3) is 3.29. The van der Waals surface area contributed by atoms with Crippen LogP contribution in [0.5, 0.6) is 5.75 Å². The first-order valence-electron chi connectivity index (χ1n) is 6.10. The number of rotatable bonds is 5. The summed E-state index contributed by atoms with van der Waals surface area (Å²) in [5.41, 5.74) is 0.612. The molecule has 0 radical (unpaired) electrons. The summed E-state index contributed by atoms with van der Waals surface area (Å²) < 4.78 is 23.5. The summed E-state index contributed by atoms with van der Waals surface area (Å²) in [6, 6.07) is 4.78. The lowest BCUT2D eigenvalue weighted by molar-refractivity contribution is 0.192. The number of hydrogen-bond acceptors (Lipinski definition) is 6. The molecule has 0 amide bonds. The summed E-state index contributed by atoms with van der Waals surface area (Å²) in [5, 5.41) is 11.9. The standard InChI is InChI=1S/C13H9ClFN5O2/c14-10-3-9(4-11(5-10)21-6-15)13-16-7-20(19-13)2-1-12-18-17-8-22-12/h1-5,7-8H,6H2/b2-1-. The molecule has 0 bridgehead atoms. The van der Waals surface area contributed by atoms with E-state index in [9.17, 15) is 4.39 Å². The van der Waals surface area contributed by atoms with Gasteiger partial charge in [-0.3, -0.25) is 0 Å². The molecule has 9 heteroatoms. The minimum absolute atomic E-state index is 0.308. The summed E-state index contributed by atoms with van der Waals surface area (Å²) in [6.07, 6.45) is 5.91. The first kappa shape index (κ1) is 14.2. The van der Waals surface area contributed by atoms with E-state index in [0.29, 0.717) is 28.1 Å². The van der Waals surface area contributed by atoms with Crippen LogP contribution >= 0.6 is 11.6 Å². The van der Waals surface area contributed by atoms with Crippen LogP contribution in [0.15, 0.2) is 35.3 Å². The van der Waals surface area contributed by atoms with E-state index >= 15 is 0 Å². The SMILES string of the molecule is FCOc1cc(Cl)cc(-c2ncn(/C=C\c3nnco3)n2)c1. The number of hydrogen-bond donors (Lipinski definition) is 0. The van der Waals surface area contributed by atoms with Gasteiger partial charge in [0, 0.05) is 22.9 Å². The minimum Gasteiger partial charge on any atom is -0.463 e. The molecule has 0 aliphatic heterocycles. The molecule has 0 unspecified atom stereocenters. The zero-order valence-corrected chi connectivity index (χ0v) is 11.8. The van der Waals surface area contributed by atoms with E-state index in [1.165, 1.54) is 23.5 Å². The Morgan fingerprint density at radius 3 is 3.05 bits per heavy atom. The van der Waals surface area contributed by atoms with Gasteiger partial charge in [-0.2, -0.15) is 0 Å². The van der Waals surface area contributed by atoms with Gasteiger partial charge in [-0.05, 0) is 18.2 Å². The average molecular weight is 322 g/mol. The molecule has 1 aromatic carbocycles. The summed E-state index contributed by atoms with van der Waals surface area (Å²) >= 11 is 5.96. The number of benzene rings is 1. The normalized spacial score (nSPS) is 11.2. The molecule has 0 N–H and O–H groups in total. The van der Waals surface area contributed by atoms with Gasteiger partial charge in [-0.15, -0.1) is 15.3 Å². The molecular formula is C13H9ClFN5O2. The van der Waals surface area contributed by atoms with Gasteiger partial charge in [-0.1, -0.05) is 11.6 Å². The number of alkyl halides is 1. The van der Waals surface area contributed by atoms with E-state index in [2.05, 4.69) is 20.3 Å². The van der Waals surface area contributed by atoms with Crippen LogP contribution in [0.3, 0.4) is 0 Å². The highest BCUT2D eigenvalue weighted by molar-refractivity contribution is 6.31. The fourth-order valence-corrected chi connectivity index (χ4v) is 1.94. The van der Waals surface area contributed by atoms with Gasteiger partial charge in [0.2, 0.25) is 19.1 Å². The maximum absolute atomic E-state index is 12.3. The van der Waals surface area contributed by atoms with E-state index in [1.54, 1.807) is 24.4 Å². The van der Waals surface area contributed by atoms with Crippen molar-refractivity contribution in [3.63, 3.8) is 0 Å². The Kier molecular flexibility index (Phi) is 4.10. The molecule has 0 atom stereocenters. The topological polar surface area (TPSA) is 78.9 Å². The first-order chi connectivity index (χ1) is 10.7. The maximum atomic E-state index is 12.3. The molecule has 3 aromatic rings. The summed E-state index contributed by atoms with van der Waals surface area (Å²) in [4.78, 5) is 4.15. The molecule has 22 heavy (non-hydrogen) atoms. The van der Waals surface area contributed by atoms with Crippen LogP contribution in [0.4, 0.5) is 4.39 Å². The largest absolute Gasteiger partial charge is 0.463 e. The molecular weight excluding hydrogens is 313 g/mol. The van der Waals surface area contributed by atoms with Crippen molar-refractivity contribution < 1.29 is 13.5 Å². The molecule has 0 saturated heterocycles. The van der Waals surface area contributed by atoms with Gasteiger partial charge in [0.15, 0.2) is 5.82 Å². The Morgan fingerprint density at radius 1 is 1.36 bits per heavy atom. The Morgan fingerprint density at radius 2 is 2.27 bits per heavy atom. The molecule has 0 spiro atoms. The van der Waals surface area contributed by atoms with Gasteiger partial charge in [0.05, 0.1) is 0 Å². The minimum atomic E-state index is -0.936. The van der Waals surface area contributed by atoms with Crippen molar-refractivity contribution in [3.05, 3.63) is 41.8 Å². The third-order valence-electron chi connectivity index (χ3n) is 2.61. The van der Waals surface area contributed by atoms with Crippen LogP contribution in [-0.2, 0) is 0 Å². The Balaban J connectivity index is 1.84. The fourth-order valence-electron chi connectivity index (χ4n) is 1.71. The van der Waals surface area contributed by atoms with Crippen LogP contribution in [0, 0.1) is 0 Å². The highest BCUT2D eigenvalue weighted by Crippen LogP contribution is 2.26. The highest BCUT2D eigenvalue weighted by atomic mass is 35.5. The van der Waals surface area contributed by atoms with Crippen molar-refractivity contribution >= 4 is 23.9 Å². The number of ether oxygens (including phenoxy) is 1. The van der Waals surface area contributed by atoms with Gasteiger partial charge in [0.1, 0.15) is 12.1 Å². The van der Waals surface area contributed by atoms with Crippen molar-refractivity contribution in [1.29, 1.82) is 0 Å². The summed E-state index contributed by atoms with van der Waals surface area (Å²) in [6.45, 7) is -0.936. The van der Waals surface area contributed by atoms with Gasteiger partial charge < -0.3 is 9.15 Å². The zero-order valence-electron chi connectivity index (χ0n) is 11.1. The average Bonchev–Trinajstić information content (AvgIpc) is 3.17. The van der Waals surface area contributed by atoms with E-state index in [0.717, 1.165) is 0 Å².